The molecule has 0 atom stereocenters. The van der Waals surface area contributed by atoms with Crippen molar-refractivity contribution in [3.05, 3.63) is 0 Å². The molecule has 0 heterocycles. The van der Waals surface area contributed by atoms with Crippen LogP contribution in [0.25, 0.3) is 0 Å². The van der Waals surface area contributed by atoms with E-state index in [1.54, 1.807) is 0 Å². The lowest BCUT2D eigenvalue weighted by molar-refractivity contribution is -0.151. The molecule has 0 aliphatic carbocycles. The Morgan fingerprint density at radius 3 is 0.960 bits per heavy atom. The van der Waals surface area contributed by atoms with Crippen molar-refractivity contribution in [3.63, 3.8) is 0 Å². The van der Waals surface area contributed by atoms with Crippen molar-refractivity contribution >= 4 is 17.7 Å². The molecule has 15 nitrogen and oxygen atoms in total. The highest BCUT2D eigenvalue weighted by Crippen LogP contribution is 2.08. The highest BCUT2D eigenvalue weighted by atomic mass is 16.6. The lowest BCUT2D eigenvalue weighted by Crippen LogP contribution is -2.17. The molecule has 0 spiro atoms. The van der Waals surface area contributed by atoms with Crippen molar-refractivity contribution in [1.29, 1.82) is 0 Å². The SMILES string of the molecule is CCCCCCCCCCOCCOCCOCCOCCOCCOCCOCCOCCOCCOCCOC(=O)CCC(=O)C(=O)O. The minimum atomic E-state index is -1.56. The van der Waals surface area contributed by atoms with Crippen molar-refractivity contribution in [1.82, 2.24) is 0 Å². The summed E-state index contributed by atoms with van der Waals surface area (Å²) in [6.45, 7) is 11.9. The van der Waals surface area contributed by atoms with Gasteiger partial charge in [0, 0.05) is 13.0 Å². The van der Waals surface area contributed by atoms with Gasteiger partial charge in [-0.25, -0.2) is 4.79 Å². The molecule has 1 N–H and O–H groups in total. The summed E-state index contributed by atoms with van der Waals surface area (Å²) in [6, 6.07) is 0. The Hall–Kier alpha value is -1.79. The Morgan fingerprint density at radius 2 is 0.640 bits per heavy atom. The lowest BCUT2D eigenvalue weighted by Gasteiger charge is -2.09. The van der Waals surface area contributed by atoms with Crippen LogP contribution in [-0.4, -0.2) is 162 Å². The summed E-state index contributed by atoms with van der Waals surface area (Å²) < 4.78 is 59.4. The van der Waals surface area contributed by atoms with Crippen LogP contribution in [0.1, 0.15) is 71.1 Å². The van der Waals surface area contributed by atoms with E-state index in [0.717, 1.165) is 13.0 Å². The molecule has 0 aliphatic heterocycles. The molecule has 0 radical (unpaired) electrons. The zero-order valence-corrected chi connectivity index (χ0v) is 30.6. The summed E-state index contributed by atoms with van der Waals surface area (Å²) in [5.74, 6) is -3.23. The fraction of sp³-hybridized carbons (Fsp3) is 0.914. The molecule has 0 saturated heterocycles. The molecule has 296 valence electrons. The van der Waals surface area contributed by atoms with E-state index in [1.165, 1.54) is 44.9 Å². The smallest absolute Gasteiger partial charge is 0.372 e. The summed E-state index contributed by atoms with van der Waals surface area (Å²) in [5.41, 5.74) is 0. The van der Waals surface area contributed by atoms with Crippen molar-refractivity contribution < 1.29 is 71.6 Å². The summed E-state index contributed by atoms with van der Waals surface area (Å²) in [6.07, 6.45) is 9.79. The Kier molecular flexibility index (Phi) is 40.1. The van der Waals surface area contributed by atoms with Crippen LogP contribution in [0, 0.1) is 0 Å². The molecule has 0 amide bonds. The van der Waals surface area contributed by atoms with Gasteiger partial charge in [-0.1, -0.05) is 51.9 Å². The second-order valence-corrected chi connectivity index (χ2v) is 11.0. The first kappa shape index (κ1) is 48.2. The molecule has 0 aromatic rings. The third-order valence-corrected chi connectivity index (χ3v) is 6.78. The second-order valence-electron chi connectivity index (χ2n) is 11.0. The minimum absolute atomic E-state index is 0.0165. The predicted octanol–water partition coefficient (Wildman–Crippen LogP) is 3.27. The van der Waals surface area contributed by atoms with Crippen LogP contribution >= 0.6 is 0 Å². The third-order valence-electron chi connectivity index (χ3n) is 6.78. The zero-order valence-electron chi connectivity index (χ0n) is 30.6. The van der Waals surface area contributed by atoms with E-state index in [1.807, 2.05) is 0 Å². The van der Waals surface area contributed by atoms with Crippen LogP contribution in [0.4, 0.5) is 0 Å². The van der Waals surface area contributed by atoms with E-state index in [0.29, 0.717) is 119 Å². The number of hydrogen-bond donors (Lipinski definition) is 1. The first-order valence-electron chi connectivity index (χ1n) is 18.3. The Labute approximate surface area is 299 Å². The van der Waals surface area contributed by atoms with Crippen molar-refractivity contribution in [3.8, 4) is 0 Å². The highest BCUT2D eigenvalue weighted by Gasteiger charge is 2.14. The van der Waals surface area contributed by atoms with Crippen LogP contribution in [0.5, 0.6) is 0 Å². The Morgan fingerprint density at radius 1 is 0.360 bits per heavy atom. The number of aliphatic carboxylic acids is 1. The van der Waals surface area contributed by atoms with Crippen molar-refractivity contribution in [2.75, 3.05) is 139 Å². The number of ketones is 1. The number of Topliss-reactive ketones (excluding diaryl/α,β-unsaturated/α-hetero) is 1. The van der Waals surface area contributed by atoms with E-state index in [-0.39, 0.29) is 26.1 Å². The van der Waals surface area contributed by atoms with E-state index >= 15 is 0 Å². The van der Waals surface area contributed by atoms with Crippen molar-refractivity contribution in [2.45, 2.75) is 71.1 Å². The van der Waals surface area contributed by atoms with Gasteiger partial charge in [-0.2, -0.15) is 0 Å². The maximum atomic E-state index is 11.4. The summed E-state index contributed by atoms with van der Waals surface area (Å²) in [4.78, 5) is 32.7. The molecule has 0 rings (SSSR count). The molecule has 0 aliphatic rings. The monoisotopic (exact) mass is 726 g/mol. The number of unbranched alkanes of at least 4 members (excludes halogenated alkanes) is 7. The molecule has 0 bridgehead atoms. The van der Waals surface area contributed by atoms with Crippen LogP contribution in [0.2, 0.25) is 0 Å². The average Bonchev–Trinajstić information content (AvgIpc) is 3.11. The van der Waals surface area contributed by atoms with Crippen LogP contribution in [0.15, 0.2) is 0 Å². The zero-order chi connectivity index (χ0) is 36.4. The number of rotatable bonds is 43. The number of carbonyl (C=O) groups is 3. The molecule has 0 aromatic heterocycles. The second kappa shape index (κ2) is 41.6. The number of carboxylic acids is 1. The number of carboxylic acid groups (broad SMARTS) is 1. The van der Waals surface area contributed by atoms with E-state index in [9.17, 15) is 14.4 Å². The summed E-state index contributed by atoms with van der Waals surface area (Å²) >= 11 is 0. The number of esters is 1. The number of ether oxygens (including phenoxy) is 11. The van der Waals surface area contributed by atoms with Gasteiger partial charge in [0.05, 0.1) is 132 Å². The summed E-state index contributed by atoms with van der Waals surface area (Å²) in [7, 11) is 0. The molecule has 50 heavy (non-hydrogen) atoms. The molecule has 0 aromatic carbocycles. The van der Waals surface area contributed by atoms with E-state index in [4.69, 9.17) is 57.2 Å². The first-order chi connectivity index (χ1) is 24.6. The Balaban J connectivity index is 3.11. The average molecular weight is 727 g/mol. The molecular formula is C35H66O15. The van der Waals surface area contributed by atoms with E-state index in [2.05, 4.69) is 6.92 Å². The van der Waals surface area contributed by atoms with Gasteiger partial charge < -0.3 is 57.2 Å². The van der Waals surface area contributed by atoms with E-state index < -0.39 is 17.7 Å². The minimum Gasteiger partial charge on any atom is -0.476 e. The van der Waals surface area contributed by atoms with Gasteiger partial charge in [-0.05, 0) is 6.42 Å². The molecule has 0 fully saturated rings. The van der Waals surface area contributed by atoms with Crippen LogP contribution in [0.3, 0.4) is 0 Å². The quantitative estimate of drug-likeness (QED) is 0.0551. The van der Waals surface area contributed by atoms with Gasteiger partial charge in [-0.3, -0.25) is 9.59 Å². The van der Waals surface area contributed by atoms with Gasteiger partial charge in [0.15, 0.2) is 0 Å². The highest BCUT2D eigenvalue weighted by molar-refractivity contribution is 6.32. The third kappa shape index (κ3) is 40.6. The van der Waals surface area contributed by atoms with Gasteiger partial charge in [0.25, 0.3) is 0 Å². The van der Waals surface area contributed by atoms with Crippen LogP contribution < -0.4 is 0 Å². The van der Waals surface area contributed by atoms with Gasteiger partial charge in [0.1, 0.15) is 6.61 Å². The first-order valence-corrected chi connectivity index (χ1v) is 18.3. The van der Waals surface area contributed by atoms with Crippen LogP contribution in [-0.2, 0) is 66.5 Å². The number of hydrogen-bond acceptors (Lipinski definition) is 14. The predicted molar refractivity (Wildman–Crippen MR) is 184 cm³/mol. The summed E-state index contributed by atoms with van der Waals surface area (Å²) in [5, 5.41) is 8.45. The molecule has 0 saturated carbocycles. The fourth-order valence-electron chi connectivity index (χ4n) is 4.03. The van der Waals surface area contributed by atoms with Gasteiger partial charge >= 0.3 is 11.9 Å². The van der Waals surface area contributed by atoms with Gasteiger partial charge in [-0.15, -0.1) is 0 Å². The fourth-order valence-corrected chi connectivity index (χ4v) is 4.03. The largest absolute Gasteiger partial charge is 0.476 e. The topological polar surface area (TPSA) is 173 Å². The lowest BCUT2D eigenvalue weighted by atomic mass is 10.1. The normalized spacial score (nSPS) is 11.3. The number of carbonyl (C=O) groups excluding carboxylic acids is 2. The standard InChI is InChI=1S/C35H66O15/c1-2-3-4-5-6-7-8-9-12-40-13-14-41-15-16-42-17-18-43-19-20-44-21-22-45-23-24-46-25-26-47-27-28-48-29-30-49-31-32-50-34(37)11-10-33(36)35(38)39/h2-32H2,1H3,(H,38,39). The Bertz CT molecular complexity index is 741. The van der Waals surface area contributed by atoms with Gasteiger partial charge in [0.2, 0.25) is 5.78 Å². The maximum absolute atomic E-state index is 11.4. The van der Waals surface area contributed by atoms with Crippen molar-refractivity contribution in [2.24, 2.45) is 0 Å². The molecule has 15 heteroatoms. The molecular weight excluding hydrogens is 660 g/mol. The molecule has 0 unspecified atom stereocenters. The maximum Gasteiger partial charge on any atom is 0.372 e.